The second-order valence-electron chi connectivity index (χ2n) is 8.60. The summed E-state index contributed by atoms with van der Waals surface area (Å²) < 4.78 is 41.2. The van der Waals surface area contributed by atoms with Crippen LogP contribution in [0.15, 0.2) is 44.1 Å². The van der Waals surface area contributed by atoms with Gasteiger partial charge >= 0.3 is 5.76 Å². The highest BCUT2D eigenvalue weighted by atomic mass is 79.9. The van der Waals surface area contributed by atoms with Crippen molar-refractivity contribution in [1.29, 1.82) is 0 Å². The second-order valence-corrected chi connectivity index (χ2v) is 9.45. The Morgan fingerprint density at radius 1 is 1.25 bits per heavy atom. The topological polar surface area (TPSA) is 85.9 Å². The van der Waals surface area contributed by atoms with Gasteiger partial charge in [-0.3, -0.25) is 9.51 Å². The minimum atomic E-state index is -0.646. The number of rotatable bonds is 4. The van der Waals surface area contributed by atoms with Crippen molar-refractivity contribution in [1.82, 2.24) is 19.7 Å². The first kappa shape index (κ1) is 21.0. The molecule has 1 saturated heterocycles. The van der Waals surface area contributed by atoms with Gasteiger partial charge in [0.05, 0.1) is 34.8 Å². The van der Waals surface area contributed by atoms with Crippen LogP contribution in [-0.4, -0.2) is 32.9 Å². The van der Waals surface area contributed by atoms with Gasteiger partial charge in [-0.2, -0.15) is 0 Å². The average Bonchev–Trinajstić information content (AvgIpc) is 3.41. The first-order chi connectivity index (χ1) is 15.2. The molecule has 0 aliphatic carbocycles. The van der Waals surface area contributed by atoms with Gasteiger partial charge in [-0.1, -0.05) is 19.0 Å². The van der Waals surface area contributed by atoms with Crippen molar-refractivity contribution < 1.29 is 18.0 Å². The van der Waals surface area contributed by atoms with E-state index in [1.165, 1.54) is 6.07 Å². The number of aromatic nitrogens is 4. The number of nitrogens with zero attached hydrogens (tertiary/aromatic N) is 3. The molecule has 10 heteroatoms. The maximum atomic E-state index is 14.6. The van der Waals surface area contributed by atoms with Gasteiger partial charge < -0.3 is 9.30 Å². The molecule has 7 nitrogen and oxygen atoms in total. The molecule has 1 fully saturated rings. The summed E-state index contributed by atoms with van der Waals surface area (Å²) in [4.78, 5) is 18.7. The lowest BCUT2D eigenvalue weighted by atomic mass is 9.87. The molecule has 0 spiro atoms. The summed E-state index contributed by atoms with van der Waals surface area (Å²) in [5.74, 6) is -0.804. The van der Waals surface area contributed by atoms with Crippen molar-refractivity contribution in [3.05, 3.63) is 68.4 Å². The standard InChI is InChI=1S/C22H19BrF2N4O3/c1-22(2)10-31-9-18(22)29-17-6-11(20-27-21(30)32-28-20)3-4-16(17)26-19(29)7-12-5-15(25)13(23)8-14(12)24/h3-6,8,18H,7,9-10H2,1-2H3,(H,27,28,30)/t18-/m1/s1. The first-order valence-corrected chi connectivity index (χ1v) is 10.8. The molecule has 166 valence electrons. The third-order valence-corrected chi connectivity index (χ3v) is 6.49. The number of benzene rings is 2. The molecule has 5 rings (SSSR count). The molecule has 0 bridgehead atoms. The predicted molar refractivity (Wildman–Crippen MR) is 116 cm³/mol. The quantitative estimate of drug-likeness (QED) is 0.410. The Hall–Kier alpha value is -2.85. The van der Waals surface area contributed by atoms with E-state index in [0.29, 0.717) is 35.9 Å². The van der Waals surface area contributed by atoms with Crippen molar-refractivity contribution in [3.63, 3.8) is 0 Å². The highest BCUT2D eigenvalue weighted by Crippen LogP contribution is 2.41. The van der Waals surface area contributed by atoms with Crippen molar-refractivity contribution in [2.75, 3.05) is 13.2 Å². The zero-order chi connectivity index (χ0) is 22.6. The summed E-state index contributed by atoms with van der Waals surface area (Å²) in [6, 6.07) is 7.67. The highest BCUT2D eigenvalue weighted by Gasteiger charge is 2.39. The second kappa shape index (κ2) is 7.63. The predicted octanol–water partition coefficient (Wildman–Crippen LogP) is 4.61. The summed E-state index contributed by atoms with van der Waals surface area (Å²) in [5, 5.41) is 3.76. The molecule has 0 radical (unpaired) electrons. The molecule has 1 atom stereocenters. The van der Waals surface area contributed by atoms with Crippen molar-refractivity contribution in [2.24, 2.45) is 5.41 Å². The molecule has 32 heavy (non-hydrogen) atoms. The monoisotopic (exact) mass is 504 g/mol. The minimum absolute atomic E-state index is 0.0718. The van der Waals surface area contributed by atoms with Crippen LogP contribution in [0.5, 0.6) is 0 Å². The largest absolute Gasteiger partial charge is 0.439 e. The van der Waals surface area contributed by atoms with Gasteiger partial charge in [-0.25, -0.2) is 18.6 Å². The molecule has 1 aliphatic rings. The van der Waals surface area contributed by atoms with E-state index in [0.717, 1.165) is 11.6 Å². The van der Waals surface area contributed by atoms with E-state index in [1.54, 1.807) is 12.1 Å². The third kappa shape index (κ3) is 3.57. The number of nitrogens with one attached hydrogen (secondary N) is 1. The fourth-order valence-corrected chi connectivity index (χ4v) is 4.48. The van der Waals surface area contributed by atoms with E-state index in [-0.39, 0.29) is 27.9 Å². The van der Waals surface area contributed by atoms with Crippen LogP contribution in [0, 0.1) is 17.0 Å². The number of hydrogen-bond donors (Lipinski definition) is 1. The van der Waals surface area contributed by atoms with Crippen LogP contribution in [0.1, 0.15) is 31.3 Å². The molecule has 0 amide bonds. The van der Waals surface area contributed by atoms with Gasteiger partial charge in [0.1, 0.15) is 17.5 Å². The van der Waals surface area contributed by atoms with Gasteiger partial charge in [-0.15, -0.1) is 0 Å². The fourth-order valence-electron chi connectivity index (χ4n) is 4.17. The Morgan fingerprint density at radius 2 is 2.06 bits per heavy atom. The highest BCUT2D eigenvalue weighted by molar-refractivity contribution is 9.10. The molecule has 0 unspecified atom stereocenters. The zero-order valence-electron chi connectivity index (χ0n) is 17.3. The lowest BCUT2D eigenvalue weighted by Crippen LogP contribution is -2.27. The smallest absolute Gasteiger partial charge is 0.379 e. The number of fused-ring (bicyclic) bond motifs is 1. The summed E-state index contributed by atoms with van der Waals surface area (Å²) >= 11 is 3.02. The summed E-state index contributed by atoms with van der Waals surface area (Å²) in [7, 11) is 0. The average molecular weight is 505 g/mol. The van der Waals surface area contributed by atoms with E-state index in [9.17, 15) is 13.6 Å². The van der Waals surface area contributed by atoms with Gasteiger partial charge in [-0.05, 0) is 51.8 Å². The van der Waals surface area contributed by atoms with Gasteiger partial charge in [0.2, 0.25) is 0 Å². The number of ether oxygens (including phenoxy) is 1. The number of imidazole rings is 1. The lowest BCUT2D eigenvalue weighted by Gasteiger charge is -2.28. The number of halogens is 3. The lowest BCUT2D eigenvalue weighted by molar-refractivity contribution is 0.166. The Bertz CT molecular complexity index is 1390. The van der Waals surface area contributed by atoms with E-state index in [4.69, 9.17) is 9.72 Å². The maximum Gasteiger partial charge on any atom is 0.439 e. The van der Waals surface area contributed by atoms with Crippen molar-refractivity contribution in [2.45, 2.75) is 26.3 Å². The maximum absolute atomic E-state index is 14.6. The zero-order valence-corrected chi connectivity index (χ0v) is 18.9. The number of hydrogen-bond acceptors (Lipinski definition) is 5. The van der Waals surface area contributed by atoms with Crippen LogP contribution in [0.4, 0.5) is 8.78 Å². The first-order valence-electron chi connectivity index (χ1n) is 10.0. The van der Waals surface area contributed by atoms with Crippen LogP contribution >= 0.6 is 15.9 Å². The van der Waals surface area contributed by atoms with Gasteiger partial charge in [0, 0.05) is 17.4 Å². The van der Waals surface area contributed by atoms with Crippen LogP contribution < -0.4 is 5.76 Å². The van der Waals surface area contributed by atoms with Gasteiger partial charge in [0.25, 0.3) is 0 Å². The molecular weight excluding hydrogens is 486 g/mol. The molecular formula is C22H19BrF2N4O3. The Morgan fingerprint density at radius 3 is 2.75 bits per heavy atom. The molecule has 2 aromatic carbocycles. The summed E-state index contributed by atoms with van der Waals surface area (Å²) in [6.45, 7) is 5.22. The van der Waals surface area contributed by atoms with Crippen LogP contribution in [-0.2, 0) is 11.2 Å². The molecule has 4 aromatic rings. The van der Waals surface area contributed by atoms with E-state index < -0.39 is 17.4 Å². The van der Waals surface area contributed by atoms with Crippen LogP contribution in [0.3, 0.4) is 0 Å². The van der Waals surface area contributed by atoms with E-state index >= 15 is 0 Å². The van der Waals surface area contributed by atoms with Crippen LogP contribution in [0.2, 0.25) is 0 Å². The SMILES string of the molecule is CC1(C)COC[C@H]1n1c(Cc2cc(F)c(Br)cc2F)nc2ccc(-c3noc(=O)[nH]3)cc21. The van der Waals surface area contributed by atoms with Crippen molar-refractivity contribution >= 4 is 27.0 Å². The van der Waals surface area contributed by atoms with Crippen LogP contribution in [0.25, 0.3) is 22.4 Å². The Balaban J connectivity index is 1.69. The van der Waals surface area contributed by atoms with Crippen molar-refractivity contribution in [3.8, 4) is 11.4 Å². The molecule has 0 saturated carbocycles. The molecule has 1 aliphatic heterocycles. The normalized spacial score (nSPS) is 18.0. The third-order valence-electron chi connectivity index (χ3n) is 5.88. The summed E-state index contributed by atoms with van der Waals surface area (Å²) in [6.07, 6.45) is 0.105. The number of aromatic amines is 1. The molecule has 3 heterocycles. The Labute approximate surface area is 189 Å². The number of H-pyrrole nitrogens is 1. The minimum Gasteiger partial charge on any atom is -0.379 e. The molecule has 1 N–H and O–H groups in total. The van der Waals surface area contributed by atoms with Gasteiger partial charge in [0.15, 0.2) is 5.82 Å². The summed E-state index contributed by atoms with van der Waals surface area (Å²) in [5.41, 5.74) is 2.12. The fraction of sp³-hybridized carbons (Fsp3) is 0.318. The Kier molecular flexibility index (Phi) is 5.01. The van der Waals surface area contributed by atoms with E-state index in [2.05, 4.69) is 44.4 Å². The molecule has 2 aromatic heterocycles. The van der Waals surface area contributed by atoms with E-state index in [1.807, 2.05) is 10.6 Å².